The molecule has 0 aliphatic carbocycles. The van der Waals surface area contributed by atoms with Crippen molar-refractivity contribution in [2.24, 2.45) is 5.14 Å². The zero-order valence-corrected chi connectivity index (χ0v) is 17.5. The summed E-state index contributed by atoms with van der Waals surface area (Å²) in [6.45, 7) is 0.124. The first kappa shape index (κ1) is 21.8. The number of primary sulfonamides is 1. The number of hydrogen-bond donors (Lipinski definition) is 2. The second-order valence-electron chi connectivity index (χ2n) is 6.61. The summed E-state index contributed by atoms with van der Waals surface area (Å²) in [7, 11) is -2.26. The number of anilines is 1. The van der Waals surface area contributed by atoms with Crippen LogP contribution in [-0.2, 0) is 26.2 Å². The number of nitrogens with one attached hydrogen (secondary N) is 1. The van der Waals surface area contributed by atoms with Crippen LogP contribution in [0, 0.1) is 5.82 Å². The fourth-order valence-corrected chi connectivity index (χ4v) is 3.90. The summed E-state index contributed by atoms with van der Waals surface area (Å²) in [5.41, 5.74) is 0.535. The van der Waals surface area contributed by atoms with E-state index in [-0.39, 0.29) is 28.7 Å². The van der Waals surface area contributed by atoms with E-state index >= 15 is 0 Å². The average molecular weight is 451 g/mol. The summed E-state index contributed by atoms with van der Waals surface area (Å²) in [4.78, 5) is 27.9. The molecule has 1 saturated heterocycles. The number of amides is 2. The highest BCUT2D eigenvalue weighted by Gasteiger charge is 2.44. The van der Waals surface area contributed by atoms with Gasteiger partial charge in [0.25, 0.3) is 5.91 Å². The molecule has 0 unspecified atom stereocenters. The molecule has 0 radical (unpaired) electrons. The number of nitrogens with zero attached hydrogens (tertiary/aromatic N) is 2. The van der Waals surface area contributed by atoms with Gasteiger partial charge in [0.15, 0.2) is 5.11 Å². The summed E-state index contributed by atoms with van der Waals surface area (Å²) in [5, 5.41) is 8.11. The van der Waals surface area contributed by atoms with Crippen LogP contribution in [0.5, 0.6) is 0 Å². The maximum absolute atomic E-state index is 14.2. The van der Waals surface area contributed by atoms with E-state index in [1.165, 1.54) is 41.3 Å². The number of benzene rings is 2. The Morgan fingerprint density at radius 2 is 1.87 bits per heavy atom. The van der Waals surface area contributed by atoms with Crippen LogP contribution in [0.4, 0.5) is 10.1 Å². The number of carbonyl (C=O) groups excluding carboxylic acids is 2. The fraction of sp³-hybridized carbons (Fsp3) is 0.211. The summed E-state index contributed by atoms with van der Waals surface area (Å²) in [5.74, 6) is -1.81. The first-order chi connectivity index (χ1) is 14.1. The largest absolute Gasteiger partial charge is 0.366 e. The molecule has 0 saturated carbocycles. The minimum atomic E-state index is -3.84. The number of rotatable bonds is 5. The quantitative estimate of drug-likeness (QED) is 0.518. The normalized spacial score (nSPS) is 16.6. The van der Waals surface area contributed by atoms with Crippen molar-refractivity contribution in [1.29, 1.82) is 0 Å². The summed E-state index contributed by atoms with van der Waals surface area (Å²) in [6, 6.07) is 10.4. The molecular weight excluding hydrogens is 431 g/mol. The summed E-state index contributed by atoms with van der Waals surface area (Å²) < 4.78 is 37.0. The molecule has 1 atom stereocenters. The molecule has 1 fully saturated rings. The van der Waals surface area contributed by atoms with E-state index in [0.29, 0.717) is 5.56 Å². The zero-order valence-electron chi connectivity index (χ0n) is 15.9. The standard InChI is InChI=1S/C19H19FN4O4S2/c1-22-19(29)23(11-12-6-8-13(9-7-12)30(21,27)28)16-10-17(25)24(18(16)26)15-5-3-2-4-14(15)20/h2-9,16H,10-11H2,1H3,(H,22,29)(H2,21,27,28)/t16-/m1/s1. The Bertz CT molecular complexity index is 1110. The van der Waals surface area contributed by atoms with Crippen molar-refractivity contribution in [3.8, 4) is 0 Å². The van der Waals surface area contributed by atoms with Gasteiger partial charge in [0, 0.05) is 13.6 Å². The molecule has 0 spiro atoms. The van der Waals surface area contributed by atoms with Crippen molar-refractivity contribution in [2.75, 3.05) is 11.9 Å². The third kappa shape index (κ3) is 4.32. The molecule has 158 valence electrons. The van der Waals surface area contributed by atoms with E-state index in [1.54, 1.807) is 19.2 Å². The fourth-order valence-electron chi connectivity index (χ4n) is 3.19. The summed E-state index contributed by atoms with van der Waals surface area (Å²) >= 11 is 5.31. The molecule has 3 rings (SSSR count). The lowest BCUT2D eigenvalue weighted by molar-refractivity contribution is -0.122. The van der Waals surface area contributed by atoms with E-state index in [9.17, 15) is 22.4 Å². The Morgan fingerprint density at radius 3 is 2.43 bits per heavy atom. The Kier molecular flexibility index (Phi) is 6.15. The second kappa shape index (κ2) is 8.46. The predicted molar refractivity (Wildman–Crippen MR) is 112 cm³/mol. The van der Waals surface area contributed by atoms with Crippen LogP contribution in [0.25, 0.3) is 0 Å². The Morgan fingerprint density at radius 1 is 1.23 bits per heavy atom. The van der Waals surface area contributed by atoms with Crippen LogP contribution in [0.15, 0.2) is 53.4 Å². The van der Waals surface area contributed by atoms with Crippen LogP contribution in [0.1, 0.15) is 12.0 Å². The van der Waals surface area contributed by atoms with Crippen molar-refractivity contribution in [3.05, 3.63) is 59.9 Å². The molecule has 1 aliphatic rings. The lowest BCUT2D eigenvalue weighted by atomic mass is 10.1. The minimum absolute atomic E-state index is 0.0492. The van der Waals surface area contributed by atoms with Crippen molar-refractivity contribution < 1.29 is 22.4 Å². The number of hydrogen-bond acceptors (Lipinski definition) is 5. The second-order valence-corrected chi connectivity index (χ2v) is 8.56. The lowest BCUT2D eigenvalue weighted by Gasteiger charge is -2.29. The molecule has 1 aliphatic heterocycles. The number of halogens is 1. The Hall–Kier alpha value is -2.89. The first-order valence-corrected chi connectivity index (χ1v) is 10.8. The molecule has 2 aromatic carbocycles. The highest BCUT2D eigenvalue weighted by Crippen LogP contribution is 2.28. The average Bonchev–Trinajstić information content (AvgIpc) is 2.99. The van der Waals surface area contributed by atoms with Gasteiger partial charge in [-0.3, -0.25) is 9.59 Å². The van der Waals surface area contributed by atoms with Crippen LogP contribution in [-0.4, -0.2) is 43.3 Å². The van der Waals surface area contributed by atoms with Crippen LogP contribution in [0.3, 0.4) is 0 Å². The van der Waals surface area contributed by atoms with E-state index in [0.717, 1.165) is 4.90 Å². The highest BCUT2D eigenvalue weighted by molar-refractivity contribution is 7.89. The van der Waals surface area contributed by atoms with E-state index in [1.807, 2.05) is 0 Å². The number of sulfonamides is 1. The van der Waals surface area contributed by atoms with Gasteiger partial charge in [-0.1, -0.05) is 24.3 Å². The molecule has 30 heavy (non-hydrogen) atoms. The summed E-state index contributed by atoms with van der Waals surface area (Å²) in [6.07, 6.45) is -0.176. The zero-order chi connectivity index (χ0) is 22.1. The molecule has 8 nitrogen and oxygen atoms in total. The van der Waals surface area contributed by atoms with Gasteiger partial charge in [-0.15, -0.1) is 0 Å². The molecular formula is C19H19FN4O4S2. The van der Waals surface area contributed by atoms with Gasteiger partial charge in [0.2, 0.25) is 15.9 Å². The maximum Gasteiger partial charge on any atom is 0.257 e. The van der Waals surface area contributed by atoms with Gasteiger partial charge in [-0.25, -0.2) is 22.8 Å². The third-order valence-corrected chi connectivity index (χ3v) is 6.04. The lowest BCUT2D eigenvalue weighted by Crippen LogP contribution is -2.48. The van der Waals surface area contributed by atoms with Gasteiger partial charge in [0.1, 0.15) is 11.9 Å². The molecule has 2 aromatic rings. The van der Waals surface area contributed by atoms with E-state index < -0.39 is 33.7 Å². The van der Waals surface area contributed by atoms with Crippen molar-refractivity contribution in [3.63, 3.8) is 0 Å². The SMILES string of the molecule is CNC(=S)N(Cc1ccc(S(N)(=O)=O)cc1)[C@@H]1CC(=O)N(c2ccccc2F)C1=O. The molecule has 11 heteroatoms. The highest BCUT2D eigenvalue weighted by atomic mass is 32.2. The monoisotopic (exact) mass is 450 g/mol. The van der Waals surface area contributed by atoms with Crippen molar-refractivity contribution in [1.82, 2.24) is 10.2 Å². The van der Waals surface area contributed by atoms with Gasteiger partial charge in [-0.05, 0) is 42.0 Å². The molecule has 2 amide bonds. The number of imide groups is 1. The van der Waals surface area contributed by atoms with Gasteiger partial charge in [-0.2, -0.15) is 0 Å². The van der Waals surface area contributed by atoms with Gasteiger partial charge >= 0.3 is 0 Å². The third-order valence-electron chi connectivity index (χ3n) is 4.67. The van der Waals surface area contributed by atoms with Crippen LogP contribution < -0.4 is 15.4 Å². The Labute approximate surface area is 178 Å². The van der Waals surface area contributed by atoms with Crippen LogP contribution >= 0.6 is 12.2 Å². The van der Waals surface area contributed by atoms with Gasteiger partial charge < -0.3 is 10.2 Å². The minimum Gasteiger partial charge on any atom is -0.366 e. The van der Waals surface area contributed by atoms with E-state index in [2.05, 4.69) is 5.32 Å². The number of nitrogens with two attached hydrogens (primary N) is 1. The molecule has 0 aromatic heterocycles. The van der Waals surface area contributed by atoms with Gasteiger partial charge in [0.05, 0.1) is 17.0 Å². The first-order valence-electron chi connectivity index (χ1n) is 8.85. The predicted octanol–water partition coefficient (Wildman–Crippen LogP) is 1.11. The molecule has 3 N–H and O–H groups in total. The maximum atomic E-state index is 14.2. The smallest absolute Gasteiger partial charge is 0.257 e. The Balaban J connectivity index is 1.89. The van der Waals surface area contributed by atoms with Crippen molar-refractivity contribution in [2.45, 2.75) is 23.9 Å². The number of para-hydroxylation sites is 1. The van der Waals surface area contributed by atoms with Crippen molar-refractivity contribution >= 4 is 44.9 Å². The molecule has 0 bridgehead atoms. The molecule has 1 heterocycles. The van der Waals surface area contributed by atoms with E-state index in [4.69, 9.17) is 17.4 Å². The topological polar surface area (TPSA) is 113 Å². The number of carbonyl (C=O) groups is 2. The number of thiocarbonyl (C=S) groups is 1. The van der Waals surface area contributed by atoms with Crippen LogP contribution in [0.2, 0.25) is 0 Å².